The van der Waals surface area contributed by atoms with Gasteiger partial charge in [0, 0.05) is 31.7 Å². The maximum Gasteiger partial charge on any atom is 0.242 e. The zero-order valence-corrected chi connectivity index (χ0v) is 17.8. The number of hydrogen-bond donors (Lipinski definition) is 2. The van der Waals surface area contributed by atoms with Crippen molar-refractivity contribution in [2.24, 2.45) is 0 Å². The summed E-state index contributed by atoms with van der Waals surface area (Å²) in [5.74, 6) is -0.940. The first-order valence-corrected chi connectivity index (χ1v) is 10.8. The zero-order chi connectivity index (χ0) is 22.0. The van der Waals surface area contributed by atoms with Gasteiger partial charge in [-0.2, -0.15) is 0 Å². The quantitative estimate of drug-likeness (QED) is 0.742. The molecule has 2 unspecified atom stereocenters. The third kappa shape index (κ3) is 4.89. The minimum absolute atomic E-state index is 0.00222. The average molecular weight is 446 g/mol. The van der Waals surface area contributed by atoms with Crippen LogP contribution in [0.3, 0.4) is 0 Å². The lowest BCUT2D eigenvalue weighted by Crippen LogP contribution is -2.48. The molecular weight excluding hydrogens is 421 g/mol. The highest BCUT2D eigenvalue weighted by Gasteiger charge is 2.36. The van der Waals surface area contributed by atoms with Gasteiger partial charge in [0.2, 0.25) is 11.8 Å². The highest BCUT2D eigenvalue weighted by Crippen LogP contribution is 2.28. The first-order valence-electron chi connectivity index (χ1n) is 10.4. The van der Waals surface area contributed by atoms with Crippen molar-refractivity contribution in [3.63, 3.8) is 0 Å². The Morgan fingerprint density at radius 2 is 1.87 bits per heavy atom. The third-order valence-corrected chi connectivity index (χ3v) is 6.22. The molecule has 4 rings (SSSR count). The molecule has 2 heterocycles. The van der Waals surface area contributed by atoms with Gasteiger partial charge >= 0.3 is 0 Å². The second-order valence-corrected chi connectivity index (χ2v) is 8.50. The standard InChI is InChI=1S/C23H25ClFN3O3/c24-19-7-6-17(13-20(19)25)28-14-16(12-21(28)30)26-23(31)22(15-4-2-1-3-5-15)27-10-8-18(29)9-11-27/h1-7,13,16,18,22,29H,8-12,14H2,(H,26,31). The van der Waals surface area contributed by atoms with E-state index < -0.39 is 11.9 Å². The highest BCUT2D eigenvalue weighted by atomic mass is 35.5. The van der Waals surface area contributed by atoms with E-state index in [4.69, 9.17) is 11.6 Å². The van der Waals surface area contributed by atoms with Gasteiger partial charge in [-0.1, -0.05) is 41.9 Å². The Balaban J connectivity index is 1.48. The summed E-state index contributed by atoms with van der Waals surface area (Å²) in [7, 11) is 0. The van der Waals surface area contributed by atoms with Crippen LogP contribution in [0.5, 0.6) is 0 Å². The van der Waals surface area contributed by atoms with E-state index in [1.165, 1.54) is 17.0 Å². The molecule has 0 spiro atoms. The molecule has 0 aliphatic carbocycles. The molecule has 2 atom stereocenters. The molecule has 8 heteroatoms. The van der Waals surface area contributed by atoms with E-state index in [0.717, 1.165) is 5.56 Å². The van der Waals surface area contributed by atoms with Gasteiger partial charge in [0.15, 0.2) is 0 Å². The molecule has 31 heavy (non-hydrogen) atoms. The van der Waals surface area contributed by atoms with Crippen LogP contribution in [0.1, 0.15) is 30.9 Å². The van der Waals surface area contributed by atoms with Crippen molar-refractivity contribution in [1.29, 1.82) is 0 Å². The van der Waals surface area contributed by atoms with Crippen LogP contribution in [0.2, 0.25) is 5.02 Å². The molecule has 6 nitrogen and oxygen atoms in total. The fourth-order valence-electron chi connectivity index (χ4n) is 4.29. The van der Waals surface area contributed by atoms with Crippen molar-refractivity contribution in [3.8, 4) is 0 Å². The van der Waals surface area contributed by atoms with E-state index in [-0.39, 0.29) is 41.9 Å². The van der Waals surface area contributed by atoms with Gasteiger partial charge in [-0.05, 0) is 36.6 Å². The minimum atomic E-state index is -0.587. The van der Waals surface area contributed by atoms with E-state index >= 15 is 0 Å². The summed E-state index contributed by atoms with van der Waals surface area (Å²) >= 11 is 5.74. The van der Waals surface area contributed by atoms with Gasteiger partial charge in [-0.25, -0.2) is 4.39 Å². The number of nitrogens with one attached hydrogen (secondary N) is 1. The number of piperidine rings is 1. The Hall–Kier alpha value is -2.48. The van der Waals surface area contributed by atoms with Crippen molar-refractivity contribution in [2.75, 3.05) is 24.5 Å². The number of nitrogens with zero attached hydrogens (tertiary/aromatic N) is 2. The third-order valence-electron chi connectivity index (χ3n) is 5.91. The van der Waals surface area contributed by atoms with Gasteiger partial charge in [0.25, 0.3) is 0 Å². The van der Waals surface area contributed by atoms with Crippen molar-refractivity contribution in [3.05, 3.63) is 64.9 Å². The molecule has 0 bridgehead atoms. The van der Waals surface area contributed by atoms with Crippen LogP contribution in [-0.4, -0.2) is 53.6 Å². The lowest BCUT2D eigenvalue weighted by Gasteiger charge is -2.36. The first-order chi connectivity index (χ1) is 14.9. The largest absolute Gasteiger partial charge is 0.393 e. The number of aliphatic hydroxyl groups is 1. The van der Waals surface area contributed by atoms with E-state index in [0.29, 0.717) is 31.6 Å². The number of benzene rings is 2. The molecular formula is C23H25ClFN3O3. The number of aliphatic hydroxyl groups excluding tert-OH is 1. The number of hydrogen-bond acceptors (Lipinski definition) is 4. The monoisotopic (exact) mass is 445 g/mol. The molecule has 2 aromatic carbocycles. The fourth-order valence-corrected chi connectivity index (χ4v) is 4.41. The Morgan fingerprint density at radius 3 is 2.55 bits per heavy atom. The normalized spacial score (nSPS) is 21.3. The number of halogens is 2. The van der Waals surface area contributed by atoms with Crippen LogP contribution in [0, 0.1) is 5.82 Å². The van der Waals surface area contributed by atoms with Crippen LogP contribution < -0.4 is 10.2 Å². The second kappa shape index (κ2) is 9.34. The summed E-state index contributed by atoms with van der Waals surface area (Å²) in [5.41, 5.74) is 1.30. The Kier molecular flexibility index (Phi) is 6.55. The summed E-state index contributed by atoms with van der Waals surface area (Å²) in [6.07, 6.45) is 1.05. The van der Waals surface area contributed by atoms with Crippen LogP contribution >= 0.6 is 11.6 Å². The predicted octanol–water partition coefficient (Wildman–Crippen LogP) is 2.90. The molecule has 2 aliphatic heterocycles. The summed E-state index contributed by atoms with van der Waals surface area (Å²) in [6.45, 7) is 1.51. The molecule has 2 saturated heterocycles. The topological polar surface area (TPSA) is 72.9 Å². The summed E-state index contributed by atoms with van der Waals surface area (Å²) in [4.78, 5) is 29.4. The molecule has 2 aliphatic rings. The minimum Gasteiger partial charge on any atom is -0.393 e. The molecule has 2 fully saturated rings. The van der Waals surface area contributed by atoms with Gasteiger partial charge in [-0.3, -0.25) is 14.5 Å². The van der Waals surface area contributed by atoms with Crippen LogP contribution in [0.25, 0.3) is 0 Å². The van der Waals surface area contributed by atoms with Gasteiger partial charge in [-0.15, -0.1) is 0 Å². The maximum absolute atomic E-state index is 13.8. The number of rotatable bonds is 5. The molecule has 164 valence electrons. The van der Waals surface area contributed by atoms with Gasteiger partial charge < -0.3 is 15.3 Å². The lowest BCUT2D eigenvalue weighted by atomic mass is 9.99. The van der Waals surface area contributed by atoms with Crippen LogP contribution in [0.15, 0.2) is 48.5 Å². The fraction of sp³-hybridized carbons (Fsp3) is 0.391. The lowest BCUT2D eigenvalue weighted by molar-refractivity contribution is -0.128. The SMILES string of the molecule is O=C(NC1CC(=O)N(c2ccc(Cl)c(F)c2)C1)C(c1ccccc1)N1CCC(O)CC1. The number of likely N-dealkylation sites (tertiary alicyclic amines) is 1. The van der Waals surface area contributed by atoms with E-state index in [1.54, 1.807) is 6.07 Å². The van der Waals surface area contributed by atoms with E-state index in [1.807, 2.05) is 30.3 Å². The predicted molar refractivity (Wildman–Crippen MR) is 116 cm³/mol. The summed E-state index contributed by atoms with van der Waals surface area (Å²) in [6, 6.07) is 12.9. The second-order valence-electron chi connectivity index (χ2n) is 8.09. The highest BCUT2D eigenvalue weighted by molar-refractivity contribution is 6.30. The van der Waals surface area contributed by atoms with Crippen molar-refractivity contribution in [2.45, 2.75) is 37.5 Å². The first kappa shape index (κ1) is 21.7. The van der Waals surface area contributed by atoms with Crippen molar-refractivity contribution >= 4 is 29.1 Å². The number of carbonyl (C=O) groups excluding carboxylic acids is 2. The molecule has 0 aromatic heterocycles. The molecule has 0 saturated carbocycles. The number of anilines is 1. The number of carbonyl (C=O) groups is 2. The maximum atomic E-state index is 13.8. The zero-order valence-electron chi connectivity index (χ0n) is 17.0. The van der Waals surface area contributed by atoms with Crippen molar-refractivity contribution < 1.29 is 19.1 Å². The molecule has 2 N–H and O–H groups in total. The average Bonchev–Trinajstić information content (AvgIpc) is 3.12. The van der Waals surface area contributed by atoms with Crippen molar-refractivity contribution in [1.82, 2.24) is 10.2 Å². The molecule has 2 amide bonds. The number of amides is 2. The van der Waals surface area contributed by atoms with Gasteiger partial charge in [0.1, 0.15) is 11.9 Å². The summed E-state index contributed by atoms with van der Waals surface area (Å²) in [5, 5.41) is 12.9. The van der Waals surface area contributed by atoms with Crippen LogP contribution in [-0.2, 0) is 9.59 Å². The Morgan fingerprint density at radius 1 is 1.16 bits per heavy atom. The Bertz CT molecular complexity index is 950. The molecule has 2 aromatic rings. The molecule has 0 radical (unpaired) electrons. The van der Waals surface area contributed by atoms with Gasteiger partial charge in [0.05, 0.1) is 17.2 Å². The summed E-state index contributed by atoms with van der Waals surface area (Å²) < 4.78 is 13.8. The van der Waals surface area contributed by atoms with E-state index in [9.17, 15) is 19.1 Å². The van der Waals surface area contributed by atoms with Crippen LogP contribution in [0.4, 0.5) is 10.1 Å². The van der Waals surface area contributed by atoms with E-state index in [2.05, 4.69) is 10.2 Å². The smallest absolute Gasteiger partial charge is 0.242 e. The Labute approximate surface area is 185 Å².